The second-order valence-corrected chi connectivity index (χ2v) is 10.7. The molecule has 5 unspecified atom stereocenters. The minimum atomic E-state index is -0.549. The van der Waals surface area contributed by atoms with Crippen molar-refractivity contribution >= 4 is 11.5 Å². The molecule has 0 aromatic heterocycles. The van der Waals surface area contributed by atoms with Crippen molar-refractivity contribution in [2.45, 2.75) is 70.8 Å². The van der Waals surface area contributed by atoms with E-state index >= 15 is 0 Å². The molecule has 0 heterocycles. The minimum Gasteiger partial charge on any atom is -0.393 e. The first-order valence-electron chi connectivity index (χ1n) is 12.3. The van der Waals surface area contributed by atoms with Gasteiger partial charge in [-0.2, -0.15) is 0 Å². The number of terminal acetylenes is 1. The number of fused-ring (bicyclic) bond motifs is 4. The molecular formula is C29H35F2NO2. The summed E-state index contributed by atoms with van der Waals surface area (Å²) in [4.78, 5) is 13.5. The lowest BCUT2D eigenvalue weighted by molar-refractivity contribution is -0.114. The van der Waals surface area contributed by atoms with E-state index in [4.69, 9.17) is 0 Å². The monoisotopic (exact) mass is 467 g/mol. The predicted molar refractivity (Wildman–Crippen MR) is 131 cm³/mol. The molecule has 182 valence electrons. The molecule has 0 amide bonds. The van der Waals surface area contributed by atoms with Gasteiger partial charge in [-0.1, -0.05) is 12.5 Å². The van der Waals surface area contributed by atoms with E-state index in [0.29, 0.717) is 30.2 Å². The maximum atomic E-state index is 15.0. The summed E-state index contributed by atoms with van der Waals surface area (Å²) < 4.78 is 29.9. The molecule has 0 bridgehead atoms. The second kappa shape index (κ2) is 9.30. The number of carbonyl (C=O) groups is 1. The number of anilines is 1. The molecule has 4 aliphatic carbocycles. The van der Waals surface area contributed by atoms with Crippen LogP contribution in [0.25, 0.3) is 0 Å². The zero-order valence-electron chi connectivity index (χ0n) is 20.6. The number of rotatable bonds is 2. The Bertz CT molecular complexity index is 1070. The first kappa shape index (κ1) is 24.7. The van der Waals surface area contributed by atoms with E-state index in [9.17, 15) is 18.7 Å². The van der Waals surface area contributed by atoms with Crippen molar-refractivity contribution in [1.29, 1.82) is 0 Å². The van der Waals surface area contributed by atoms with Crippen LogP contribution in [0.3, 0.4) is 0 Å². The molecule has 5 rings (SSSR count). The lowest BCUT2D eigenvalue weighted by atomic mass is 9.53. The number of benzene rings is 1. The Labute approximate surface area is 201 Å². The van der Waals surface area contributed by atoms with Crippen molar-refractivity contribution in [3.63, 3.8) is 0 Å². The van der Waals surface area contributed by atoms with Gasteiger partial charge in [-0.05, 0) is 97.6 Å². The number of hydrogen-bond donors (Lipinski definition) is 1. The molecule has 2 fully saturated rings. The van der Waals surface area contributed by atoms with E-state index in [1.807, 2.05) is 0 Å². The van der Waals surface area contributed by atoms with E-state index in [1.165, 1.54) is 28.2 Å². The van der Waals surface area contributed by atoms with Gasteiger partial charge in [-0.3, -0.25) is 4.79 Å². The van der Waals surface area contributed by atoms with Crippen molar-refractivity contribution < 1.29 is 18.7 Å². The molecule has 0 spiro atoms. The number of carbonyl (C=O) groups excluding carboxylic acids is 1. The Morgan fingerprint density at radius 2 is 1.76 bits per heavy atom. The SMILES string of the molecule is C#CC.CN(C)c1c(F)cc(C2CC3(C)C(O)CCC3C3CCC4=CC(=O)CCC4=C23)cc1F. The Kier molecular flexibility index (Phi) is 6.75. The van der Waals surface area contributed by atoms with Gasteiger partial charge in [0.2, 0.25) is 0 Å². The smallest absolute Gasteiger partial charge is 0.156 e. The Morgan fingerprint density at radius 3 is 2.38 bits per heavy atom. The van der Waals surface area contributed by atoms with Crippen LogP contribution in [-0.4, -0.2) is 31.1 Å². The molecule has 4 aliphatic rings. The number of aliphatic hydroxyl groups is 1. The fourth-order valence-corrected chi connectivity index (χ4v) is 7.15. The van der Waals surface area contributed by atoms with Gasteiger partial charge in [0.05, 0.1) is 6.10 Å². The van der Waals surface area contributed by atoms with Crippen LogP contribution in [0.2, 0.25) is 0 Å². The number of nitrogens with zero attached hydrogens (tertiary/aromatic N) is 1. The number of aliphatic hydroxyl groups excluding tert-OH is 1. The molecule has 0 saturated heterocycles. The third-order valence-electron chi connectivity index (χ3n) is 8.57. The fourth-order valence-electron chi connectivity index (χ4n) is 7.15. The summed E-state index contributed by atoms with van der Waals surface area (Å²) in [5.41, 5.74) is 4.05. The van der Waals surface area contributed by atoms with Gasteiger partial charge >= 0.3 is 0 Å². The molecular weight excluding hydrogens is 432 g/mol. The molecule has 0 radical (unpaired) electrons. The highest BCUT2D eigenvalue weighted by molar-refractivity contribution is 5.93. The maximum absolute atomic E-state index is 15.0. The molecule has 0 aliphatic heterocycles. The molecule has 1 aromatic rings. The molecule has 1 N–H and O–H groups in total. The summed E-state index contributed by atoms with van der Waals surface area (Å²) in [6.45, 7) is 3.82. The van der Waals surface area contributed by atoms with E-state index in [1.54, 1.807) is 27.1 Å². The Hall–Kier alpha value is -2.45. The summed E-state index contributed by atoms with van der Waals surface area (Å²) in [7, 11) is 3.28. The van der Waals surface area contributed by atoms with Gasteiger partial charge in [0, 0.05) is 26.4 Å². The minimum absolute atomic E-state index is 0.0220. The quantitative estimate of drug-likeness (QED) is 0.548. The summed E-state index contributed by atoms with van der Waals surface area (Å²) >= 11 is 0. The van der Waals surface area contributed by atoms with E-state index < -0.39 is 11.6 Å². The third-order valence-corrected chi connectivity index (χ3v) is 8.57. The number of halogens is 2. The van der Waals surface area contributed by atoms with Crippen LogP contribution < -0.4 is 4.90 Å². The van der Waals surface area contributed by atoms with Crippen LogP contribution in [0.4, 0.5) is 14.5 Å². The van der Waals surface area contributed by atoms with Crippen molar-refractivity contribution in [2.24, 2.45) is 17.3 Å². The number of allylic oxidation sites excluding steroid dienone is 4. The van der Waals surface area contributed by atoms with E-state index in [-0.39, 0.29) is 28.9 Å². The molecule has 34 heavy (non-hydrogen) atoms. The average Bonchev–Trinajstić information content (AvgIpc) is 3.07. The van der Waals surface area contributed by atoms with E-state index in [0.717, 1.165) is 37.7 Å². The lowest BCUT2D eigenvalue weighted by Gasteiger charge is -2.52. The van der Waals surface area contributed by atoms with Crippen molar-refractivity contribution in [1.82, 2.24) is 0 Å². The molecule has 5 atom stereocenters. The molecule has 5 heteroatoms. The highest BCUT2D eigenvalue weighted by Crippen LogP contribution is 2.63. The standard InChI is InChI=1S/C26H31F2NO2.C3H4/c1-26-13-19(15-11-21(27)25(29(2)3)22(28)12-15)24-17-7-5-16(30)10-14(17)4-6-18(24)20(26)8-9-23(26)31;1-3-2/h10-12,18-20,23,31H,4-9,13H2,1-3H3;1H,2H3. The van der Waals surface area contributed by atoms with Crippen molar-refractivity contribution in [3.8, 4) is 12.3 Å². The summed E-state index contributed by atoms with van der Waals surface area (Å²) in [6.07, 6.45) is 11.5. The Balaban J connectivity index is 0.000000868. The summed E-state index contributed by atoms with van der Waals surface area (Å²) in [6, 6.07) is 2.98. The van der Waals surface area contributed by atoms with Gasteiger partial charge in [0.1, 0.15) is 17.3 Å². The first-order chi connectivity index (χ1) is 16.1. The predicted octanol–water partition coefficient (Wildman–Crippen LogP) is 5.93. The average molecular weight is 468 g/mol. The topological polar surface area (TPSA) is 40.5 Å². The molecule has 3 nitrogen and oxygen atoms in total. The van der Waals surface area contributed by atoms with Crippen LogP contribution in [0.1, 0.15) is 70.3 Å². The Morgan fingerprint density at radius 1 is 1.12 bits per heavy atom. The lowest BCUT2D eigenvalue weighted by Crippen LogP contribution is -2.45. The normalized spacial score (nSPS) is 31.9. The van der Waals surface area contributed by atoms with Crippen molar-refractivity contribution in [2.75, 3.05) is 19.0 Å². The zero-order valence-corrected chi connectivity index (χ0v) is 20.6. The number of ketones is 1. The van der Waals surface area contributed by atoms with Gasteiger partial charge < -0.3 is 10.0 Å². The summed E-state index contributed by atoms with van der Waals surface area (Å²) in [5.74, 6) is 1.89. The molecule has 1 aromatic carbocycles. The zero-order chi connectivity index (χ0) is 24.8. The van der Waals surface area contributed by atoms with Gasteiger partial charge in [0.15, 0.2) is 5.78 Å². The highest BCUT2D eigenvalue weighted by atomic mass is 19.1. The van der Waals surface area contributed by atoms with Crippen molar-refractivity contribution in [3.05, 3.63) is 52.1 Å². The van der Waals surface area contributed by atoms with Crippen LogP contribution in [0.5, 0.6) is 0 Å². The van der Waals surface area contributed by atoms with Gasteiger partial charge in [0.25, 0.3) is 0 Å². The fraction of sp³-hybridized carbons (Fsp3) is 0.552. The van der Waals surface area contributed by atoms with Crippen LogP contribution in [0, 0.1) is 41.2 Å². The van der Waals surface area contributed by atoms with Crippen LogP contribution in [-0.2, 0) is 4.79 Å². The first-order valence-corrected chi connectivity index (χ1v) is 12.3. The number of hydrogen-bond acceptors (Lipinski definition) is 3. The van der Waals surface area contributed by atoms with E-state index in [2.05, 4.69) is 19.3 Å². The largest absolute Gasteiger partial charge is 0.393 e. The third kappa shape index (κ3) is 4.01. The molecule has 2 saturated carbocycles. The van der Waals surface area contributed by atoms with Gasteiger partial charge in [-0.15, -0.1) is 12.3 Å². The maximum Gasteiger partial charge on any atom is 0.156 e. The second-order valence-electron chi connectivity index (χ2n) is 10.7. The summed E-state index contributed by atoms with van der Waals surface area (Å²) in [5, 5.41) is 10.9. The highest BCUT2D eigenvalue weighted by Gasteiger charge is 2.56. The van der Waals surface area contributed by atoms with Gasteiger partial charge in [-0.25, -0.2) is 8.78 Å². The van der Waals surface area contributed by atoms with Crippen LogP contribution in [0.15, 0.2) is 34.9 Å². The van der Waals surface area contributed by atoms with Crippen LogP contribution >= 0.6 is 0 Å².